The Bertz CT molecular complexity index is 1420. The van der Waals surface area contributed by atoms with Crippen LogP contribution in [-0.4, -0.2) is 25.6 Å². The van der Waals surface area contributed by atoms with Crippen molar-refractivity contribution in [1.29, 1.82) is 0 Å². The Morgan fingerprint density at radius 1 is 0.794 bits per heavy atom. The summed E-state index contributed by atoms with van der Waals surface area (Å²) in [6.07, 6.45) is 8.95. The van der Waals surface area contributed by atoms with E-state index in [-0.39, 0.29) is 0 Å². The van der Waals surface area contributed by atoms with Gasteiger partial charge in [-0.25, -0.2) is 10.1 Å². The molecule has 34 heavy (non-hydrogen) atoms. The van der Waals surface area contributed by atoms with Gasteiger partial charge in [-0.1, -0.05) is 78.9 Å². The van der Waals surface area contributed by atoms with Crippen molar-refractivity contribution in [3.05, 3.63) is 119 Å². The fraction of sp³-hybridized carbons (Fsp3) is 0.0714. The van der Waals surface area contributed by atoms with Gasteiger partial charge in [0, 0.05) is 5.39 Å². The lowest BCUT2D eigenvalue weighted by Crippen LogP contribution is -1.98. The van der Waals surface area contributed by atoms with E-state index in [9.17, 15) is 0 Å². The Kier molecular flexibility index (Phi) is 6.48. The van der Waals surface area contributed by atoms with Crippen molar-refractivity contribution in [3.63, 3.8) is 0 Å². The van der Waals surface area contributed by atoms with Crippen molar-refractivity contribution in [2.24, 2.45) is 0 Å². The summed E-state index contributed by atoms with van der Waals surface area (Å²) in [5.41, 5.74) is 5.33. The maximum Gasteiger partial charge on any atom is 0.172 e. The highest BCUT2D eigenvalue weighted by molar-refractivity contribution is 5.78. The van der Waals surface area contributed by atoms with Crippen LogP contribution in [0.2, 0.25) is 0 Å². The number of pyridine rings is 1. The zero-order valence-electron chi connectivity index (χ0n) is 18.5. The Labute approximate surface area is 197 Å². The number of H-pyrrole nitrogens is 1. The number of hydrogen-bond donors (Lipinski definition) is 1. The van der Waals surface area contributed by atoms with Crippen LogP contribution in [0.4, 0.5) is 0 Å². The summed E-state index contributed by atoms with van der Waals surface area (Å²) in [7, 11) is 0. The van der Waals surface area contributed by atoms with Gasteiger partial charge in [-0.15, -0.1) is 5.10 Å². The van der Waals surface area contributed by atoms with Crippen LogP contribution in [0.15, 0.2) is 91.0 Å². The second kappa shape index (κ2) is 10.4. The van der Waals surface area contributed by atoms with Crippen molar-refractivity contribution in [2.45, 2.75) is 13.0 Å². The minimum absolute atomic E-state index is 0.436. The first-order valence-electron chi connectivity index (χ1n) is 11.1. The molecule has 0 saturated heterocycles. The monoisotopic (exact) mass is 445 g/mol. The Balaban J connectivity index is 1.16. The number of hydrogen-bond acceptors (Lipinski definition) is 5. The Morgan fingerprint density at radius 2 is 1.71 bits per heavy atom. The second-order valence-electron chi connectivity index (χ2n) is 7.82. The molecule has 0 bridgehead atoms. The lowest BCUT2D eigenvalue weighted by atomic mass is 10.1. The summed E-state index contributed by atoms with van der Waals surface area (Å²) in [6, 6.07) is 28.7. The van der Waals surface area contributed by atoms with E-state index in [1.54, 1.807) is 0 Å². The zero-order valence-corrected chi connectivity index (χ0v) is 18.5. The number of fused-ring (bicyclic) bond motifs is 1. The molecule has 0 aliphatic heterocycles. The van der Waals surface area contributed by atoms with Gasteiger partial charge in [0.15, 0.2) is 5.82 Å². The lowest BCUT2D eigenvalue weighted by Gasteiger charge is -2.07. The summed E-state index contributed by atoms with van der Waals surface area (Å²) in [5.74, 6) is 1.46. The smallest absolute Gasteiger partial charge is 0.172 e. The lowest BCUT2D eigenvalue weighted by molar-refractivity contribution is 0.302. The molecule has 0 atom stereocenters. The molecule has 6 nitrogen and oxygen atoms in total. The summed E-state index contributed by atoms with van der Waals surface area (Å²) in [5, 5.41) is 14.8. The molecule has 0 radical (unpaired) electrons. The van der Waals surface area contributed by atoms with Crippen molar-refractivity contribution >= 4 is 29.1 Å². The number of nitrogens with one attached hydrogen (secondary N) is 1. The molecule has 0 unspecified atom stereocenters. The average Bonchev–Trinajstić information content (AvgIpc) is 3.41. The average molecular weight is 446 g/mol. The van der Waals surface area contributed by atoms with Crippen LogP contribution in [0.5, 0.6) is 5.75 Å². The highest BCUT2D eigenvalue weighted by Crippen LogP contribution is 2.18. The van der Waals surface area contributed by atoms with Crippen LogP contribution in [0.25, 0.3) is 29.1 Å². The zero-order chi connectivity index (χ0) is 23.0. The predicted molar refractivity (Wildman–Crippen MR) is 135 cm³/mol. The number of para-hydroxylation sites is 1. The van der Waals surface area contributed by atoms with Crippen LogP contribution < -0.4 is 4.74 Å². The van der Waals surface area contributed by atoms with Gasteiger partial charge < -0.3 is 4.74 Å². The molecule has 0 amide bonds. The van der Waals surface area contributed by atoms with Crippen molar-refractivity contribution in [3.8, 4) is 5.75 Å². The first-order valence-corrected chi connectivity index (χ1v) is 11.1. The van der Waals surface area contributed by atoms with Gasteiger partial charge in [0.1, 0.15) is 12.4 Å². The third kappa shape index (κ3) is 5.61. The molecule has 3 aromatic carbocycles. The van der Waals surface area contributed by atoms with Crippen LogP contribution in [0.1, 0.15) is 28.2 Å². The van der Waals surface area contributed by atoms with Crippen LogP contribution in [0.3, 0.4) is 0 Å². The maximum atomic E-state index is 5.99. The van der Waals surface area contributed by atoms with Crippen LogP contribution in [0, 0.1) is 0 Å². The van der Waals surface area contributed by atoms with E-state index in [1.165, 1.54) is 5.56 Å². The first kappa shape index (κ1) is 21.3. The van der Waals surface area contributed by atoms with E-state index >= 15 is 0 Å². The van der Waals surface area contributed by atoms with E-state index < -0.39 is 0 Å². The molecule has 2 aromatic heterocycles. The Hall–Kier alpha value is -4.58. The molecular weight excluding hydrogens is 422 g/mol. The molecule has 0 saturated carbocycles. The number of aromatic nitrogens is 5. The van der Waals surface area contributed by atoms with E-state index in [2.05, 4.69) is 80.2 Å². The first-order chi connectivity index (χ1) is 16.8. The molecule has 0 spiro atoms. The van der Waals surface area contributed by atoms with Crippen LogP contribution >= 0.6 is 0 Å². The normalized spacial score (nSPS) is 11.5. The van der Waals surface area contributed by atoms with Gasteiger partial charge >= 0.3 is 0 Å². The number of aromatic amines is 1. The van der Waals surface area contributed by atoms with Crippen molar-refractivity contribution in [2.75, 3.05) is 0 Å². The number of tetrazole rings is 1. The summed E-state index contributed by atoms with van der Waals surface area (Å²) in [4.78, 5) is 4.67. The molecule has 0 aliphatic rings. The fourth-order valence-electron chi connectivity index (χ4n) is 3.56. The summed E-state index contributed by atoms with van der Waals surface area (Å²) >= 11 is 0. The third-order valence-electron chi connectivity index (χ3n) is 5.34. The molecule has 5 rings (SSSR count). The number of benzene rings is 3. The molecule has 0 fully saturated rings. The molecule has 0 aliphatic carbocycles. The highest BCUT2D eigenvalue weighted by atomic mass is 16.5. The fourth-order valence-corrected chi connectivity index (χ4v) is 3.56. The number of allylic oxidation sites excluding steroid dienone is 1. The van der Waals surface area contributed by atoms with E-state index in [0.717, 1.165) is 39.9 Å². The number of ether oxygens (including phenoxy) is 1. The molecule has 2 heterocycles. The Morgan fingerprint density at radius 3 is 2.59 bits per heavy atom. The predicted octanol–water partition coefficient (Wildman–Crippen LogP) is 5.75. The van der Waals surface area contributed by atoms with Gasteiger partial charge in [0.25, 0.3) is 0 Å². The quantitative estimate of drug-likeness (QED) is 0.329. The van der Waals surface area contributed by atoms with Gasteiger partial charge in [-0.05, 0) is 63.9 Å². The van der Waals surface area contributed by atoms with Gasteiger partial charge in [0.05, 0.1) is 11.2 Å². The van der Waals surface area contributed by atoms with Crippen molar-refractivity contribution in [1.82, 2.24) is 25.6 Å². The molecule has 1 N–H and O–H groups in total. The van der Waals surface area contributed by atoms with E-state index in [0.29, 0.717) is 12.4 Å². The van der Waals surface area contributed by atoms with E-state index in [1.807, 2.05) is 54.6 Å². The molecule has 5 aromatic rings. The standard InChI is InChI=1S/C28H23N5O/c1-2-10-27-24(8-1)16-17-25(29-27)20-34-26-9-4-7-23(19-26)6-3-5-21-11-13-22(14-12-21)15-18-28-30-32-33-31-28/h1-4,6-19H,5,20H2,(H,30,31,32,33)/b6-3+,18-15+. The summed E-state index contributed by atoms with van der Waals surface area (Å²) in [6.45, 7) is 0.436. The van der Waals surface area contributed by atoms with Crippen molar-refractivity contribution < 1.29 is 4.74 Å². The minimum atomic E-state index is 0.436. The molecule has 166 valence electrons. The van der Waals surface area contributed by atoms with Gasteiger partial charge in [-0.3, -0.25) is 0 Å². The van der Waals surface area contributed by atoms with Gasteiger partial charge in [0.2, 0.25) is 0 Å². The van der Waals surface area contributed by atoms with E-state index in [4.69, 9.17) is 4.74 Å². The van der Waals surface area contributed by atoms with Gasteiger partial charge in [-0.2, -0.15) is 0 Å². The molecule has 6 heteroatoms. The van der Waals surface area contributed by atoms with Crippen LogP contribution in [-0.2, 0) is 13.0 Å². The SMILES string of the molecule is C(=C\c1cccc(OCc2ccc3ccccc3n2)c1)/Cc1ccc(/C=C/c2nnn[nH]2)cc1. The summed E-state index contributed by atoms with van der Waals surface area (Å²) < 4.78 is 5.99. The third-order valence-corrected chi connectivity index (χ3v) is 5.34. The minimum Gasteiger partial charge on any atom is -0.487 e. The second-order valence-corrected chi connectivity index (χ2v) is 7.82. The number of nitrogens with zero attached hydrogens (tertiary/aromatic N) is 4. The highest BCUT2D eigenvalue weighted by Gasteiger charge is 2.01. The maximum absolute atomic E-state index is 5.99. The topological polar surface area (TPSA) is 76.6 Å². The molecular formula is C28H23N5O. The largest absolute Gasteiger partial charge is 0.487 e. The number of rotatable bonds is 8.